The summed E-state index contributed by atoms with van der Waals surface area (Å²) in [5.74, 6) is 4.59. The van der Waals surface area contributed by atoms with Crippen LogP contribution in [0, 0.1) is 23.7 Å². The fourth-order valence-corrected chi connectivity index (χ4v) is 6.47. The summed E-state index contributed by atoms with van der Waals surface area (Å²) in [4.78, 5) is 0. The minimum Gasteiger partial charge on any atom is -0.449 e. The highest BCUT2D eigenvalue weighted by atomic mass is 31.1. The van der Waals surface area contributed by atoms with Crippen molar-refractivity contribution >= 4 is 18.1 Å². The molecule has 0 aliphatic heterocycles. The maximum absolute atomic E-state index is 6.03. The number of benzene rings is 2. The normalized spacial score (nSPS) is 25.2. The van der Waals surface area contributed by atoms with Crippen molar-refractivity contribution in [2.45, 2.75) is 46.0 Å². The molecule has 0 radical (unpaired) electrons. The first kappa shape index (κ1) is 23.0. The van der Waals surface area contributed by atoms with E-state index in [0.717, 1.165) is 49.4 Å². The van der Waals surface area contributed by atoms with Gasteiger partial charge in [0.25, 0.3) is 0 Å². The smallest absolute Gasteiger partial charge is 0.215 e. The maximum Gasteiger partial charge on any atom is 0.215 e. The molecule has 0 N–H and O–H groups in total. The Hall–Kier alpha value is -1.18. The minimum absolute atomic E-state index is 0.0495. The predicted octanol–water partition coefficient (Wildman–Crippen LogP) is 6.98. The van der Waals surface area contributed by atoms with Crippen LogP contribution in [0.2, 0.25) is 0 Å². The molecular weight excluding hydrogens is 426 g/mol. The Morgan fingerprint density at radius 3 is 1.61 bits per heavy atom. The van der Waals surface area contributed by atoms with Gasteiger partial charge in [0, 0.05) is 0 Å². The molecule has 0 heterocycles. The van der Waals surface area contributed by atoms with Crippen LogP contribution in [0.4, 0.5) is 0 Å². The number of hydrogen-bond acceptors (Lipinski definition) is 4. The van der Waals surface area contributed by atoms with E-state index < -0.39 is 0 Å². The average molecular weight is 460 g/mol. The lowest BCUT2D eigenvalue weighted by atomic mass is 9.80. The van der Waals surface area contributed by atoms with E-state index in [1.807, 2.05) is 24.3 Å². The largest absolute Gasteiger partial charge is 0.449 e. The van der Waals surface area contributed by atoms with E-state index >= 15 is 0 Å². The summed E-state index contributed by atoms with van der Waals surface area (Å²) in [6.07, 6.45) is 5.93. The number of fused-ring (bicyclic) bond motifs is 2. The number of hydrogen-bond donors (Lipinski definition) is 0. The van der Waals surface area contributed by atoms with Crippen LogP contribution in [0.3, 0.4) is 0 Å². The highest BCUT2D eigenvalue weighted by Crippen LogP contribution is 2.53. The summed E-state index contributed by atoms with van der Waals surface area (Å²) in [6, 6.07) is 16.4. The fourth-order valence-electron chi connectivity index (χ4n) is 5.25. The van der Waals surface area contributed by atoms with Crippen LogP contribution in [-0.2, 0) is 21.9 Å². The number of rotatable bonds is 12. The van der Waals surface area contributed by atoms with Gasteiger partial charge in [-0.15, -0.1) is 0 Å². The molecule has 6 unspecified atom stereocenters. The molecule has 6 heteroatoms. The molecular formula is C25H34O4P2. The van der Waals surface area contributed by atoms with Crippen molar-refractivity contribution in [2.75, 3.05) is 13.2 Å². The molecule has 0 amide bonds. The van der Waals surface area contributed by atoms with E-state index in [1.54, 1.807) is 0 Å². The van der Waals surface area contributed by atoms with Gasteiger partial charge in [-0.1, -0.05) is 50.2 Å². The van der Waals surface area contributed by atoms with Crippen LogP contribution in [0.5, 0.6) is 11.5 Å². The minimum atomic E-state index is 0.0495. The van der Waals surface area contributed by atoms with Crippen molar-refractivity contribution < 1.29 is 18.1 Å². The fraction of sp³-hybridized carbons (Fsp3) is 0.520. The molecule has 2 aliphatic rings. The van der Waals surface area contributed by atoms with E-state index in [1.165, 1.54) is 30.4 Å². The topological polar surface area (TPSA) is 36.9 Å². The molecule has 2 bridgehead atoms. The molecule has 4 nitrogen and oxygen atoms in total. The lowest BCUT2D eigenvalue weighted by Gasteiger charge is -2.30. The molecule has 31 heavy (non-hydrogen) atoms. The van der Waals surface area contributed by atoms with Crippen LogP contribution >= 0.6 is 18.1 Å². The van der Waals surface area contributed by atoms with Crippen molar-refractivity contribution in [3.63, 3.8) is 0 Å². The third-order valence-electron chi connectivity index (χ3n) is 6.95. The van der Waals surface area contributed by atoms with Gasteiger partial charge in [0.2, 0.25) is 18.1 Å². The first-order valence-corrected chi connectivity index (χ1v) is 13.2. The van der Waals surface area contributed by atoms with Crippen LogP contribution in [0.25, 0.3) is 0 Å². The van der Waals surface area contributed by atoms with Gasteiger partial charge in [-0.2, -0.15) is 0 Å². The SMILES string of the molecule is CCc1ccccc1OPOCC1C2CCC(C2)C1COPOc1ccccc1CC. The van der Waals surface area contributed by atoms with Gasteiger partial charge in [0.15, 0.2) is 0 Å². The molecule has 2 saturated carbocycles. The van der Waals surface area contributed by atoms with E-state index in [2.05, 4.69) is 38.1 Å². The lowest BCUT2D eigenvalue weighted by Crippen LogP contribution is -2.28. The zero-order chi connectivity index (χ0) is 21.5. The monoisotopic (exact) mass is 460 g/mol. The molecule has 2 aromatic rings. The lowest BCUT2D eigenvalue weighted by molar-refractivity contribution is 0.103. The first-order chi connectivity index (χ1) is 15.3. The summed E-state index contributed by atoms with van der Waals surface area (Å²) >= 11 is 0. The van der Waals surface area contributed by atoms with Crippen molar-refractivity contribution in [2.24, 2.45) is 23.7 Å². The third kappa shape index (κ3) is 5.79. The van der Waals surface area contributed by atoms with Gasteiger partial charge in [0.1, 0.15) is 11.5 Å². The van der Waals surface area contributed by atoms with E-state index in [-0.39, 0.29) is 18.1 Å². The predicted molar refractivity (Wildman–Crippen MR) is 129 cm³/mol. The maximum atomic E-state index is 6.03. The zero-order valence-corrected chi connectivity index (χ0v) is 20.5. The number of aryl methyl sites for hydroxylation is 2. The standard InChI is InChI=1S/C25H34O4P2/c1-3-18-9-5-7-11-24(18)28-30-26-16-22-20-13-14-21(15-20)23(22)17-27-31-29-25-12-8-6-10-19(25)4-2/h5-12,20-23,30-31H,3-4,13-17H2,1-2H3. The van der Waals surface area contributed by atoms with Crippen molar-refractivity contribution in [3.8, 4) is 11.5 Å². The highest BCUT2D eigenvalue weighted by Gasteiger charge is 2.47. The Morgan fingerprint density at radius 1 is 0.710 bits per heavy atom. The van der Waals surface area contributed by atoms with Crippen LogP contribution in [0.1, 0.15) is 44.2 Å². The summed E-state index contributed by atoms with van der Waals surface area (Å²) in [5, 5.41) is 0. The molecule has 2 fully saturated rings. The Bertz CT molecular complexity index is 763. The Labute approximate surface area is 190 Å². The summed E-state index contributed by atoms with van der Waals surface area (Å²) < 4.78 is 23.9. The van der Waals surface area contributed by atoms with Crippen molar-refractivity contribution in [3.05, 3.63) is 59.7 Å². The highest BCUT2D eigenvalue weighted by molar-refractivity contribution is 7.26. The van der Waals surface area contributed by atoms with E-state index in [9.17, 15) is 0 Å². The van der Waals surface area contributed by atoms with E-state index in [4.69, 9.17) is 18.1 Å². The average Bonchev–Trinajstić information content (AvgIpc) is 3.42. The molecule has 2 aromatic carbocycles. The second-order valence-electron chi connectivity index (χ2n) is 8.58. The second kappa shape index (κ2) is 11.6. The molecule has 0 spiro atoms. The Balaban J connectivity index is 1.22. The number of para-hydroxylation sites is 2. The summed E-state index contributed by atoms with van der Waals surface area (Å²) in [6.45, 7) is 5.84. The third-order valence-corrected chi connectivity index (χ3v) is 8.13. The zero-order valence-electron chi connectivity index (χ0n) is 18.5. The van der Waals surface area contributed by atoms with Crippen LogP contribution in [-0.4, -0.2) is 13.2 Å². The van der Waals surface area contributed by atoms with Crippen LogP contribution in [0.15, 0.2) is 48.5 Å². The molecule has 0 saturated heterocycles. The van der Waals surface area contributed by atoms with Gasteiger partial charge >= 0.3 is 0 Å². The quantitative estimate of drug-likeness (QED) is 0.253. The summed E-state index contributed by atoms with van der Waals surface area (Å²) in [7, 11) is 0.0989. The molecule has 0 aromatic heterocycles. The molecule has 2 aliphatic carbocycles. The van der Waals surface area contributed by atoms with Gasteiger partial charge in [-0.25, -0.2) is 0 Å². The van der Waals surface area contributed by atoms with Gasteiger partial charge in [0.05, 0.1) is 13.2 Å². The first-order valence-electron chi connectivity index (χ1n) is 11.5. The van der Waals surface area contributed by atoms with Crippen molar-refractivity contribution in [1.82, 2.24) is 0 Å². The van der Waals surface area contributed by atoms with Crippen LogP contribution < -0.4 is 9.05 Å². The van der Waals surface area contributed by atoms with Gasteiger partial charge in [-0.05, 0) is 79.0 Å². The van der Waals surface area contributed by atoms with E-state index in [0.29, 0.717) is 11.8 Å². The molecule has 6 atom stereocenters. The molecule has 168 valence electrons. The van der Waals surface area contributed by atoms with Gasteiger partial charge < -0.3 is 18.1 Å². The Morgan fingerprint density at radius 2 is 1.16 bits per heavy atom. The summed E-state index contributed by atoms with van der Waals surface area (Å²) in [5.41, 5.74) is 2.46. The second-order valence-corrected chi connectivity index (χ2v) is 9.90. The Kier molecular flexibility index (Phi) is 8.62. The van der Waals surface area contributed by atoms with Crippen molar-refractivity contribution in [1.29, 1.82) is 0 Å². The molecule has 4 rings (SSSR count). The van der Waals surface area contributed by atoms with Gasteiger partial charge in [-0.3, -0.25) is 0 Å².